The minimum atomic E-state index is -0.992. The zero-order chi connectivity index (χ0) is 12.5. The molecule has 0 aromatic carbocycles. The molecular formula is C12H14N4O2. The summed E-state index contributed by atoms with van der Waals surface area (Å²) in [6, 6.07) is 5.12. The summed E-state index contributed by atoms with van der Waals surface area (Å²) in [7, 11) is 0. The van der Waals surface area contributed by atoms with E-state index < -0.39 is 5.97 Å². The third kappa shape index (κ3) is 1.84. The molecule has 2 aromatic rings. The highest BCUT2D eigenvalue weighted by Gasteiger charge is 2.20. The molecule has 3 rings (SSSR count). The largest absolute Gasteiger partial charge is 0.477 e. The number of hydrogen-bond acceptors (Lipinski definition) is 4. The SMILES string of the molecule is O=C(O)c1cccc2nc(C3CCCCN3)nn12. The molecule has 0 spiro atoms. The van der Waals surface area contributed by atoms with Crippen molar-refractivity contribution in [2.24, 2.45) is 0 Å². The molecule has 94 valence electrons. The molecule has 1 aliphatic heterocycles. The number of aromatic nitrogens is 3. The highest BCUT2D eigenvalue weighted by atomic mass is 16.4. The van der Waals surface area contributed by atoms with Gasteiger partial charge in [0.2, 0.25) is 0 Å². The van der Waals surface area contributed by atoms with Crippen LogP contribution in [0.3, 0.4) is 0 Å². The highest BCUT2D eigenvalue weighted by Crippen LogP contribution is 2.20. The summed E-state index contributed by atoms with van der Waals surface area (Å²) in [5, 5.41) is 16.8. The second kappa shape index (κ2) is 4.38. The molecular weight excluding hydrogens is 232 g/mol. The summed E-state index contributed by atoms with van der Waals surface area (Å²) >= 11 is 0. The van der Waals surface area contributed by atoms with Crippen LogP contribution in [-0.2, 0) is 0 Å². The van der Waals surface area contributed by atoms with E-state index in [-0.39, 0.29) is 11.7 Å². The Morgan fingerprint density at radius 3 is 3.06 bits per heavy atom. The van der Waals surface area contributed by atoms with Crippen LogP contribution in [0, 0.1) is 0 Å². The molecule has 1 atom stereocenters. The number of aromatic carboxylic acids is 1. The average molecular weight is 246 g/mol. The van der Waals surface area contributed by atoms with Crippen LogP contribution in [0.4, 0.5) is 0 Å². The number of rotatable bonds is 2. The van der Waals surface area contributed by atoms with Gasteiger partial charge in [0.25, 0.3) is 0 Å². The van der Waals surface area contributed by atoms with Gasteiger partial charge < -0.3 is 10.4 Å². The number of hydrogen-bond donors (Lipinski definition) is 2. The van der Waals surface area contributed by atoms with E-state index in [2.05, 4.69) is 15.4 Å². The number of carboxylic acids is 1. The third-order valence-corrected chi connectivity index (χ3v) is 3.22. The van der Waals surface area contributed by atoms with E-state index in [9.17, 15) is 4.79 Å². The molecule has 3 heterocycles. The van der Waals surface area contributed by atoms with Crippen LogP contribution in [0.15, 0.2) is 18.2 Å². The first-order chi connectivity index (χ1) is 8.75. The minimum Gasteiger partial charge on any atom is -0.477 e. The molecule has 6 nitrogen and oxygen atoms in total. The predicted molar refractivity (Wildman–Crippen MR) is 64.5 cm³/mol. The lowest BCUT2D eigenvalue weighted by atomic mass is 10.0. The summed E-state index contributed by atoms with van der Waals surface area (Å²) in [5.41, 5.74) is 0.722. The zero-order valence-corrected chi connectivity index (χ0v) is 9.83. The molecule has 6 heteroatoms. The maximum atomic E-state index is 11.1. The Morgan fingerprint density at radius 2 is 2.33 bits per heavy atom. The Hall–Kier alpha value is -1.95. The highest BCUT2D eigenvalue weighted by molar-refractivity contribution is 5.86. The van der Waals surface area contributed by atoms with Gasteiger partial charge in [-0.15, -0.1) is 5.10 Å². The first kappa shape index (κ1) is 11.2. The number of carboxylic acid groups (broad SMARTS) is 1. The number of piperidine rings is 1. The summed E-state index contributed by atoms with van der Waals surface area (Å²) in [4.78, 5) is 15.5. The Kier molecular flexibility index (Phi) is 2.71. The monoisotopic (exact) mass is 246 g/mol. The molecule has 0 radical (unpaired) electrons. The lowest BCUT2D eigenvalue weighted by Gasteiger charge is -2.20. The van der Waals surface area contributed by atoms with Crippen molar-refractivity contribution in [1.29, 1.82) is 0 Å². The molecule has 0 saturated carbocycles. The summed E-state index contributed by atoms with van der Waals surface area (Å²) in [6.45, 7) is 0.964. The topological polar surface area (TPSA) is 79.5 Å². The van der Waals surface area contributed by atoms with Crippen molar-refractivity contribution in [2.45, 2.75) is 25.3 Å². The van der Waals surface area contributed by atoms with Gasteiger partial charge in [-0.25, -0.2) is 14.3 Å². The van der Waals surface area contributed by atoms with Gasteiger partial charge in [0.15, 0.2) is 17.2 Å². The van der Waals surface area contributed by atoms with Crippen LogP contribution in [0.25, 0.3) is 5.65 Å². The summed E-state index contributed by atoms with van der Waals surface area (Å²) in [6.07, 6.45) is 3.32. The number of carbonyl (C=O) groups is 1. The Morgan fingerprint density at radius 1 is 1.44 bits per heavy atom. The van der Waals surface area contributed by atoms with Crippen LogP contribution >= 0.6 is 0 Å². The van der Waals surface area contributed by atoms with Crippen LogP contribution in [0.1, 0.15) is 41.6 Å². The lowest BCUT2D eigenvalue weighted by molar-refractivity contribution is 0.0687. The standard InChI is InChI=1S/C12H14N4O2/c17-12(18)9-5-3-6-10-14-11(15-16(9)10)8-4-1-2-7-13-8/h3,5-6,8,13H,1-2,4,7H2,(H,17,18). The Balaban J connectivity index is 2.04. The van der Waals surface area contributed by atoms with Gasteiger partial charge in [-0.05, 0) is 31.5 Å². The van der Waals surface area contributed by atoms with Crippen molar-refractivity contribution in [1.82, 2.24) is 19.9 Å². The average Bonchev–Trinajstić information content (AvgIpc) is 2.83. The second-order valence-electron chi connectivity index (χ2n) is 4.46. The molecule has 0 amide bonds. The first-order valence-electron chi connectivity index (χ1n) is 6.08. The van der Waals surface area contributed by atoms with E-state index in [1.54, 1.807) is 12.1 Å². The van der Waals surface area contributed by atoms with Gasteiger partial charge >= 0.3 is 5.97 Å². The fourth-order valence-corrected chi connectivity index (χ4v) is 2.30. The predicted octanol–water partition coefficient (Wildman–Crippen LogP) is 1.24. The van der Waals surface area contributed by atoms with Gasteiger partial charge in [-0.1, -0.05) is 12.5 Å². The van der Waals surface area contributed by atoms with Crippen LogP contribution in [-0.4, -0.2) is 32.2 Å². The number of pyridine rings is 1. The van der Waals surface area contributed by atoms with E-state index in [1.165, 1.54) is 17.0 Å². The van der Waals surface area contributed by atoms with E-state index in [4.69, 9.17) is 5.11 Å². The summed E-state index contributed by atoms with van der Waals surface area (Å²) < 4.78 is 1.40. The van der Waals surface area contributed by atoms with E-state index in [1.807, 2.05) is 0 Å². The molecule has 1 fully saturated rings. The van der Waals surface area contributed by atoms with Crippen LogP contribution in [0.2, 0.25) is 0 Å². The number of nitrogens with one attached hydrogen (secondary N) is 1. The molecule has 1 aliphatic rings. The first-order valence-corrected chi connectivity index (χ1v) is 6.08. The Labute approximate surface area is 104 Å². The van der Waals surface area contributed by atoms with Crippen molar-refractivity contribution < 1.29 is 9.90 Å². The minimum absolute atomic E-state index is 0.139. The molecule has 1 unspecified atom stereocenters. The van der Waals surface area contributed by atoms with Gasteiger partial charge in [-0.3, -0.25) is 0 Å². The van der Waals surface area contributed by atoms with Gasteiger partial charge in [0, 0.05) is 0 Å². The van der Waals surface area contributed by atoms with Crippen molar-refractivity contribution in [3.05, 3.63) is 29.7 Å². The van der Waals surface area contributed by atoms with Gasteiger partial charge in [0.1, 0.15) is 0 Å². The smallest absolute Gasteiger partial charge is 0.354 e. The van der Waals surface area contributed by atoms with Crippen molar-refractivity contribution >= 4 is 11.6 Å². The zero-order valence-electron chi connectivity index (χ0n) is 9.83. The van der Waals surface area contributed by atoms with Crippen LogP contribution in [0.5, 0.6) is 0 Å². The maximum absolute atomic E-state index is 11.1. The van der Waals surface area contributed by atoms with Crippen molar-refractivity contribution in [2.75, 3.05) is 6.54 Å². The molecule has 1 saturated heterocycles. The molecule has 2 N–H and O–H groups in total. The maximum Gasteiger partial charge on any atom is 0.354 e. The third-order valence-electron chi connectivity index (χ3n) is 3.22. The lowest BCUT2D eigenvalue weighted by Crippen LogP contribution is -2.27. The van der Waals surface area contributed by atoms with E-state index in [0.29, 0.717) is 11.5 Å². The van der Waals surface area contributed by atoms with Crippen LogP contribution < -0.4 is 5.32 Å². The molecule has 0 bridgehead atoms. The summed E-state index contributed by atoms with van der Waals surface area (Å²) in [5.74, 6) is -0.308. The van der Waals surface area contributed by atoms with E-state index in [0.717, 1.165) is 19.4 Å². The number of nitrogens with zero attached hydrogens (tertiary/aromatic N) is 3. The molecule has 0 aliphatic carbocycles. The molecule has 2 aromatic heterocycles. The van der Waals surface area contributed by atoms with Gasteiger partial charge in [-0.2, -0.15) is 0 Å². The molecule has 18 heavy (non-hydrogen) atoms. The normalized spacial score (nSPS) is 20.1. The number of fused-ring (bicyclic) bond motifs is 1. The van der Waals surface area contributed by atoms with Crippen molar-refractivity contribution in [3.63, 3.8) is 0 Å². The quantitative estimate of drug-likeness (QED) is 0.833. The second-order valence-corrected chi connectivity index (χ2v) is 4.46. The fraction of sp³-hybridized carbons (Fsp3) is 0.417. The Bertz CT molecular complexity index is 587. The van der Waals surface area contributed by atoms with Crippen molar-refractivity contribution in [3.8, 4) is 0 Å². The van der Waals surface area contributed by atoms with E-state index >= 15 is 0 Å². The fourth-order valence-electron chi connectivity index (χ4n) is 2.30. The van der Waals surface area contributed by atoms with Gasteiger partial charge in [0.05, 0.1) is 6.04 Å².